The molecule has 1 aliphatic rings. The molecule has 28 heavy (non-hydrogen) atoms. The molecule has 1 aromatic heterocycles. The van der Waals surface area contributed by atoms with E-state index in [2.05, 4.69) is 15.3 Å². The number of aromatic nitrogens is 2. The first-order valence-electron chi connectivity index (χ1n) is 8.14. The molecule has 152 valence electrons. The average molecular weight is 451 g/mol. The summed E-state index contributed by atoms with van der Waals surface area (Å²) < 4.78 is 15.0. The molecular formula is C17H18Cl3N3O5. The first-order valence-corrected chi connectivity index (χ1v) is 9.27. The second kappa shape index (κ2) is 10.5. The van der Waals surface area contributed by atoms with Gasteiger partial charge in [0.25, 0.3) is 0 Å². The molecule has 1 amide bonds. The fourth-order valence-corrected chi connectivity index (χ4v) is 2.74. The number of allylic oxidation sites excluding steroid dienone is 2. The summed E-state index contributed by atoms with van der Waals surface area (Å²) in [5, 5.41) is 2.69. The van der Waals surface area contributed by atoms with Gasteiger partial charge in [-0.15, -0.1) is 0 Å². The van der Waals surface area contributed by atoms with E-state index in [1.165, 1.54) is 20.4 Å². The highest BCUT2D eigenvalue weighted by atomic mass is 35.5. The third-order valence-corrected chi connectivity index (χ3v) is 4.93. The third-order valence-electron chi connectivity index (χ3n) is 3.98. The highest BCUT2D eigenvalue weighted by Gasteiger charge is 2.35. The molecule has 2 rings (SSSR count). The van der Waals surface area contributed by atoms with Crippen molar-refractivity contribution in [1.29, 1.82) is 0 Å². The normalized spacial score (nSPS) is 18.2. The summed E-state index contributed by atoms with van der Waals surface area (Å²) in [6, 6.07) is 0.0970. The monoisotopic (exact) mass is 449 g/mol. The SMILES string of the molecule is COc1ncc(NC(=O)[C@H]2CC=CC[C@H]2C(=O)OCC(Cl)=C(Cl)Cl)c(OC)n1. The second-order valence-corrected chi connectivity index (χ2v) is 7.10. The van der Waals surface area contributed by atoms with Gasteiger partial charge in [0.05, 0.1) is 37.3 Å². The van der Waals surface area contributed by atoms with E-state index in [4.69, 9.17) is 49.0 Å². The molecule has 0 spiro atoms. The van der Waals surface area contributed by atoms with E-state index in [1.54, 1.807) is 0 Å². The Hall–Kier alpha value is -2.03. The number of methoxy groups -OCH3 is 2. The van der Waals surface area contributed by atoms with E-state index in [-0.39, 0.29) is 33.7 Å². The summed E-state index contributed by atoms with van der Waals surface area (Å²) in [6.07, 6.45) is 5.73. The molecule has 1 N–H and O–H groups in total. The number of nitrogens with zero attached hydrogens (tertiary/aromatic N) is 2. The lowest BCUT2D eigenvalue weighted by Gasteiger charge is -2.26. The lowest BCUT2D eigenvalue weighted by molar-refractivity contribution is -0.151. The van der Waals surface area contributed by atoms with Crippen LogP contribution >= 0.6 is 34.8 Å². The Morgan fingerprint density at radius 3 is 2.43 bits per heavy atom. The number of anilines is 1. The van der Waals surface area contributed by atoms with Gasteiger partial charge in [0, 0.05) is 0 Å². The van der Waals surface area contributed by atoms with Crippen molar-refractivity contribution in [2.45, 2.75) is 12.8 Å². The van der Waals surface area contributed by atoms with Crippen LogP contribution in [-0.4, -0.2) is 42.7 Å². The first-order chi connectivity index (χ1) is 13.4. The number of carbonyl (C=O) groups is 2. The second-order valence-electron chi connectivity index (χ2n) is 5.70. The van der Waals surface area contributed by atoms with Crippen molar-refractivity contribution in [1.82, 2.24) is 9.97 Å². The molecule has 11 heteroatoms. The van der Waals surface area contributed by atoms with Crippen molar-refractivity contribution in [2.24, 2.45) is 11.8 Å². The van der Waals surface area contributed by atoms with Crippen LogP contribution in [0.5, 0.6) is 11.9 Å². The number of hydrogen-bond acceptors (Lipinski definition) is 7. The van der Waals surface area contributed by atoms with Crippen LogP contribution in [0.1, 0.15) is 12.8 Å². The third kappa shape index (κ3) is 5.73. The van der Waals surface area contributed by atoms with Gasteiger partial charge in [0.2, 0.25) is 11.8 Å². The molecule has 0 fully saturated rings. The molecule has 0 radical (unpaired) electrons. The minimum Gasteiger partial charge on any atom is -0.479 e. The van der Waals surface area contributed by atoms with E-state index in [0.717, 1.165) is 0 Å². The van der Waals surface area contributed by atoms with Gasteiger partial charge in [-0.3, -0.25) is 9.59 Å². The standard InChI is InChI=1S/C17H18Cl3N3O5/c1-26-15-12(7-21-17(23-15)27-2)22-14(24)9-5-3-4-6-10(9)16(25)28-8-11(18)13(19)20/h3-4,7,9-10H,5-6,8H2,1-2H3,(H,22,24)/t9-,10+/m0/s1. The molecule has 8 nitrogen and oxygen atoms in total. The zero-order valence-corrected chi connectivity index (χ0v) is 17.3. The molecule has 0 aromatic carbocycles. The van der Waals surface area contributed by atoms with Crippen molar-refractivity contribution in [3.8, 4) is 11.9 Å². The van der Waals surface area contributed by atoms with Crippen LogP contribution in [0.4, 0.5) is 5.69 Å². The summed E-state index contributed by atoms with van der Waals surface area (Å²) >= 11 is 16.8. The highest BCUT2D eigenvalue weighted by Crippen LogP contribution is 2.30. The van der Waals surface area contributed by atoms with E-state index < -0.39 is 23.7 Å². The highest BCUT2D eigenvalue weighted by molar-refractivity contribution is 6.59. The molecule has 0 bridgehead atoms. The fourth-order valence-electron chi connectivity index (χ4n) is 2.58. The minimum absolute atomic E-state index is 0.00385. The zero-order chi connectivity index (χ0) is 20.7. The maximum absolute atomic E-state index is 12.8. The lowest BCUT2D eigenvalue weighted by atomic mass is 9.82. The Morgan fingerprint density at radius 1 is 1.14 bits per heavy atom. The van der Waals surface area contributed by atoms with Crippen LogP contribution in [0, 0.1) is 11.8 Å². The minimum atomic E-state index is -0.686. The van der Waals surface area contributed by atoms with Crippen LogP contribution in [0.3, 0.4) is 0 Å². The quantitative estimate of drug-likeness (QED) is 0.502. The molecule has 0 saturated carbocycles. The summed E-state index contributed by atoms with van der Waals surface area (Å²) in [5.74, 6) is -2.17. The van der Waals surface area contributed by atoms with Gasteiger partial charge in [-0.1, -0.05) is 47.0 Å². The number of rotatable bonds is 7. The van der Waals surface area contributed by atoms with Gasteiger partial charge in [-0.25, -0.2) is 4.98 Å². The maximum atomic E-state index is 12.8. The van der Waals surface area contributed by atoms with E-state index in [9.17, 15) is 9.59 Å². The lowest BCUT2D eigenvalue weighted by Crippen LogP contribution is -2.36. The smallest absolute Gasteiger partial charge is 0.319 e. The Morgan fingerprint density at radius 2 is 1.82 bits per heavy atom. The van der Waals surface area contributed by atoms with Gasteiger partial charge >= 0.3 is 12.0 Å². The Bertz CT molecular complexity index is 796. The van der Waals surface area contributed by atoms with E-state index in [0.29, 0.717) is 12.8 Å². The predicted molar refractivity (Wildman–Crippen MR) is 105 cm³/mol. The van der Waals surface area contributed by atoms with Crippen molar-refractivity contribution < 1.29 is 23.8 Å². The van der Waals surface area contributed by atoms with Crippen molar-refractivity contribution >= 4 is 52.4 Å². The van der Waals surface area contributed by atoms with Crippen LogP contribution in [0.2, 0.25) is 0 Å². The molecule has 1 heterocycles. The fraction of sp³-hybridized carbons (Fsp3) is 0.412. The Labute approximate surface area is 176 Å². The number of carbonyl (C=O) groups excluding carboxylic acids is 2. The number of ether oxygens (including phenoxy) is 3. The van der Waals surface area contributed by atoms with Gasteiger partial charge in [0.15, 0.2) is 0 Å². The summed E-state index contributed by atoms with van der Waals surface area (Å²) in [5.41, 5.74) is 0.259. The van der Waals surface area contributed by atoms with Crippen molar-refractivity contribution in [2.75, 3.05) is 26.1 Å². The van der Waals surface area contributed by atoms with Gasteiger partial charge in [-0.2, -0.15) is 4.98 Å². The van der Waals surface area contributed by atoms with Crippen LogP contribution in [-0.2, 0) is 14.3 Å². The Kier molecular flexibility index (Phi) is 8.35. The topological polar surface area (TPSA) is 99.6 Å². The van der Waals surface area contributed by atoms with Gasteiger partial charge < -0.3 is 19.5 Å². The van der Waals surface area contributed by atoms with Crippen LogP contribution in [0.25, 0.3) is 0 Å². The molecule has 1 aromatic rings. The van der Waals surface area contributed by atoms with Crippen LogP contribution in [0.15, 0.2) is 27.9 Å². The summed E-state index contributed by atoms with van der Waals surface area (Å²) in [7, 11) is 2.82. The number of nitrogens with one attached hydrogen (secondary N) is 1. The molecule has 0 aliphatic heterocycles. The summed E-state index contributed by atoms with van der Waals surface area (Å²) in [4.78, 5) is 33.2. The predicted octanol–water partition coefficient (Wildman–Crippen LogP) is 3.44. The zero-order valence-electron chi connectivity index (χ0n) is 15.1. The van der Waals surface area contributed by atoms with E-state index >= 15 is 0 Å². The summed E-state index contributed by atoms with van der Waals surface area (Å²) in [6.45, 7) is -0.266. The largest absolute Gasteiger partial charge is 0.479 e. The van der Waals surface area contributed by atoms with Crippen molar-refractivity contribution in [3.05, 3.63) is 27.9 Å². The molecule has 2 atom stereocenters. The molecular weight excluding hydrogens is 433 g/mol. The number of esters is 1. The Balaban J connectivity index is 2.11. The van der Waals surface area contributed by atoms with Gasteiger partial charge in [0.1, 0.15) is 16.8 Å². The number of amides is 1. The van der Waals surface area contributed by atoms with Crippen LogP contribution < -0.4 is 14.8 Å². The maximum Gasteiger partial charge on any atom is 0.319 e. The van der Waals surface area contributed by atoms with Crippen molar-refractivity contribution in [3.63, 3.8) is 0 Å². The number of halogens is 3. The van der Waals surface area contributed by atoms with E-state index in [1.807, 2.05) is 12.2 Å². The average Bonchev–Trinajstić information content (AvgIpc) is 2.71. The molecule has 0 saturated heterocycles. The number of hydrogen-bond donors (Lipinski definition) is 1. The first kappa shape index (κ1) is 22.3. The van der Waals surface area contributed by atoms with Gasteiger partial charge in [-0.05, 0) is 12.8 Å². The molecule has 0 unspecified atom stereocenters. The molecule has 1 aliphatic carbocycles.